The lowest BCUT2D eigenvalue weighted by Crippen LogP contribution is -2.04. The Kier molecular flexibility index (Phi) is 4.86. The van der Waals surface area contributed by atoms with Crippen LogP contribution in [-0.2, 0) is 6.42 Å². The fraction of sp³-hybridized carbons (Fsp3) is 0.200. The van der Waals surface area contributed by atoms with E-state index in [4.69, 9.17) is 16.3 Å². The van der Waals surface area contributed by atoms with Crippen LogP contribution in [0.5, 0.6) is 5.75 Å². The van der Waals surface area contributed by atoms with Gasteiger partial charge in [-0.2, -0.15) is 0 Å². The number of aliphatic hydroxyl groups excluding tert-OH is 1. The SMILES string of the molecule is COc1ccc(Br)cc1C(O)Cc1ccc(Cl)cc1. The maximum Gasteiger partial charge on any atom is 0.124 e. The van der Waals surface area contributed by atoms with E-state index in [1.54, 1.807) is 7.11 Å². The standard InChI is InChI=1S/C15H14BrClO2/c1-19-15-7-4-11(16)9-13(15)14(18)8-10-2-5-12(17)6-3-10/h2-7,9,14,18H,8H2,1H3. The zero-order valence-corrected chi connectivity index (χ0v) is 12.8. The first-order valence-electron chi connectivity index (χ1n) is 5.86. The maximum atomic E-state index is 10.3. The monoisotopic (exact) mass is 340 g/mol. The van der Waals surface area contributed by atoms with Crippen molar-refractivity contribution in [3.05, 3.63) is 63.1 Å². The summed E-state index contributed by atoms with van der Waals surface area (Å²) in [5, 5.41) is 11.0. The number of methoxy groups -OCH3 is 1. The second kappa shape index (κ2) is 6.42. The fourth-order valence-electron chi connectivity index (χ4n) is 1.92. The predicted octanol–water partition coefficient (Wildman–Crippen LogP) is 4.39. The van der Waals surface area contributed by atoms with Gasteiger partial charge in [0.1, 0.15) is 5.75 Å². The molecule has 0 radical (unpaired) electrons. The predicted molar refractivity (Wildman–Crippen MR) is 80.8 cm³/mol. The molecule has 1 atom stereocenters. The first-order valence-corrected chi connectivity index (χ1v) is 7.03. The molecule has 0 aromatic heterocycles. The molecule has 0 spiro atoms. The van der Waals surface area contributed by atoms with E-state index in [1.165, 1.54) is 0 Å². The van der Waals surface area contributed by atoms with Crippen molar-refractivity contribution in [3.63, 3.8) is 0 Å². The minimum atomic E-state index is -0.617. The normalized spacial score (nSPS) is 12.2. The van der Waals surface area contributed by atoms with Crippen LogP contribution >= 0.6 is 27.5 Å². The fourth-order valence-corrected chi connectivity index (χ4v) is 2.42. The van der Waals surface area contributed by atoms with Crippen molar-refractivity contribution in [3.8, 4) is 5.75 Å². The highest BCUT2D eigenvalue weighted by molar-refractivity contribution is 9.10. The van der Waals surface area contributed by atoms with Crippen molar-refractivity contribution in [2.45, 2.75) is 12.5 Å². The van der Waals surface area contributed by atoms with Gasteiger partial charge in [-0.05, 0) is 35.9 Å². The average Bonchev–Trinajstić information content (AvgIpc) is 2.41. The van der Waals surface area contributed by atoms with Crippen LogP contribution in [0.4, 0.5) is 0 Å². The van der Waals surface area contributed by atoms with Crippen LogP contribution in [0.1, 0.15) is 17.2 Å². The van der Waals surface area contributed by atoms with Crippen molar-refractivity contribution in [2.75, 3.05) is 7.11 Å². The highest BCUT2D eigenvalue weighted by Crippen LogP contribution is 2.30. The lowest BCUT2D eigenvalue weighted by atomic mass is 10.0. The Morgan fingerprint density at radius 2 is 1.89 bits per heavy atom. The lowest BCUT2D eigenvalue weighted by molar-refractivity contribution is 0.174. The first kappa shape index (κ1) is 14.4. The number of hydrogen-bond donors (Lipinski definition) is 1. The molecular weight excluding hydrogens is 328 g/mol. The van der Waals surface area contributed by atoms with Crippen molar-refractivity contribution in [1.29, 1.82) is 0 Å². The van der Waals surface area contributed by atoms with Gasteiger partial charge in [-0.15, -0.1) is 0 Å². The zero-order valence-electron chi connectivity index (χ0n) is 10.4. The summed E-state index contributed by atoms with van der Waals surface area (Å²) < 4.78 is 6.19. The van der Waals surface area contributed by atoms with Gasteiger partial charge in [0.25, 0.3) is 0 Å². The van der Waals surface area contributed by atoms with E-state index in [-0.39, 0.29) is 0 Å². The van der Waals surface area contributed by atoms with E-state index in [0.717, 1.165) is 15.6 Å². The van der Waals surface area contributed by atoms with E-state index in [1.807, 2.05) is 42.5 Å². The second-order valence-corrected chi connectivity index (χ2v) is 5.58. The van der Waals surface area contributed by atoms with Crippen LogP contribution in [-0.4, -0.2) is 12.2 Å². The molecule has 2 nitrogen and oxygen atoms in total. The lowest BCUT2D eigenvalue weighted by Gasteiger charge is -2.15. The summed E-state index contributed by atoms with van der Waals surface area (Å²) in [7, 11) is 1.60. The highest BCUT2D eigenvalue weighted by atomic mass is 79.9. The molecule has 0 bridgehead atoms. The van der Waals surface area contributed by atoms with Gasteiger partial charge in [-0.3, -0.25) is 0 Å². The van der Waals surface area contributed by atoms with Crippen molar-refractivity contribution in [2.24, 2.45) is 0 Å². The molecule has 100 valence electrons. The quantitative estimate of drug-likeness (QED) is 0.894. The Morgan fingerprint density at radius 1 is 1.21 bits per heavy atom. The summed E-state index contributed by atoms with van der Waals surface area (Å²) in [6.07, 6.45) is -0.0992. The van der Waals surface area contributed by atoms with Gasteiger partial charge >= 0.3 is 0 Å². The second-order valence-electron chi connectivity index (χ2n) is 4.23. The van der Waals surface area contributed by atoms with Crippen LogP contribution in [0.2, 0.25) is 5.02 Å². The minimum absolute atomic E-state index is 0.518. The Labute approximate surface area is 126 Å². The van der Waals surface area contributed by atoms with Gasteiger partial charge in [0.15, 0.2) is 0 Å². The largest absolute Gasteiger partial charge is 0.496 e. The van der Waals surface area contributed by atoms with Crippen LogP contribution in [0.15, 0.2) is 46.9 Å². The molecule has 19 heavy (non-hydrogen) atoms. The molecular formula is C15H14BrClO2. The van der Waals surface area contributed by atoms with Gasteiger partial charge in [-0.25, -0.2) is 0 Å². The van der Waals surface area contributed by atoms with Crippen LogP contribution in [0.25, 0.3) is 0 Å². The molecule has 0 aliphatic carbocycles. The van der Waals surface area contributed by atoms with Gasteiger partial charge in [0, 0.05) is 21.5 Å². The number of aliphatic hydroxyl groups is 1. The highest BCUT2D eigenvalue weighted by Gasteiger charge is 2.14. The molecule has 0 fully saturated rings. The Hall–Kier alpha value is -1.03. The Morgan fingerprint density at radius 3 is 2.53 bits per heavy atom. The summed E-state index contributed by atoms with van der Waals surface area (Å²) in [6.45, 7) is 0. The third kappa shape index (κ3) is 3.72. The van der Waals surface area contributed by atoms with E-state index in [2.05, 4.69) is 15.9 Å². The van der Waals surface area contributed by atoms with Crippen LogP contribution in [0, 0.1) is 0 Å². The zero-order chi connectivity index (χ0) is 13.8. The van der Waals surface area contributed by atoms with E-state index in [9.17, 15) is 5.11 Å². The molecule has 2 aromatic carbocycles. The topological polar surface area (TPSA) is 29.5 Å². The van der Waals surface area contributed by atoms with Crippen LogP contribution < -0.4 is 4.74 Å². The number of halogens is 2. The molecule has 1 N–H and O–H groups in total. The minimum Gasteiger partial charge on any atom is -0.496 e. The van der Waals surface area contributed by atoms with Crippen molar-refractivity contribution >= 4 is 27.5 Å². The number of ether oxygens (including phenoxy) is 1. The molecule has 2 aromatic rings. The van der Waals surface area contributed by atoms with Gasteiger partial charge in [0.05, 0.1) is 13.2 Å². The summed E-state index contributed by atoms with van der Waals surface area (Å²) >= 11 is 9.25. The smallest absolute Gasteiger partial charge is 0.124 e. The van der Waals surface area contributed by atoms with Gasteiger partial charge < -0.3 is 9.84 Å². The van der Waals surface area contributed by atoms with Gasteiger partial charge in [0.2, 0.25) is 0 Å². The number of hydrogen-bond acceptors (Lipinski definition) is 2. The summed E-state index contributed by atoms with van der Waals surface area (Å²) in [5.74, 6) is 0.685. The first-order chi connectivity index (χ1) is 9.10. The molecule has 0 amide bonds. The number of benzene rings is 2. The summed E-state index contributed by atoms with van der Waals surface area (Å²) in [5.41, 5.74) is 1.80. The van der Waals surface area contributed by atoms with Crippen LogP contribution in [0.3, 0.4) is 0 Å². The third-order valence-corrected chi connectivity index (χ3v) is 3.64. The molecule has 0 heterocycles. The molecule has 0 saturated heterocycles. The molecule has 1 unspecified atom stereocenters. The molecule has 4 heteroatoms. The van der Waals surface area contributed by atoms with Crippen molar-refractivity contribution < 1.29 is 9.84 Å². The molecule has 0 saturated carbocycles. The summed E-state index contributed by atoms with van der Waals surface area (Å²) in [6, 6.07) is 13.1. The Bertz CT molecular complexity index is 555. The van der Waals surface area contributed by atoms with E-state index >= 15 is 0 Å². The maximum absolute atomic E-state index is 10.3. The Balaban J connectivity index is 2.21. The van der Waals surface area contributed by atoms with Gasteiger partial charge in [-0.1, -0.05) is 39.7 Å². The number of rotatable bonds is 4. The average molecular weight is 342 g/mol. The molecule has 2 rings (SSSR count). The van der Waals surface area contributed by atoms with Crippen molar-refractivity contribution in [1.82, 2.24) is 0 Å². The molecule has 0 aliphatic heterocycles. The van der Waals surface area contributed by atoms with E-state index in [0.29, 0.717) is 17.2 Å². The third-order valence-electron chi connectivity index (χ3n) is 2.89. The molecule has 0 aliphatic rings. The van der Waals surface area contributed by atoms with E-state index < -0.39 is 6.10 Å². The summed E-state index contributed by atoms with van der Waals surface area (Å²) in [4.78, 5) is 0.